The number of hydrogen-bond acceptors (Lipinski definition) is 3. The van der Waals surface area contributed by atoms with Gasteiger partial charge in [0.05, 0.1) is 6.54 Å². The van der Waals surface area contributed by atoms with Crippen LogP contribution in [-0.2, 0) is 4.79 Å². The van der Waals surface area contributed by atoms with Crippen LogP contribution in [0.5, 0.6) is 0 Å². The van der Waals surface area contributed by atoms with Crippen LogP contribution in [0.1, 0.15) is 12.5 Å². The fourth-order valence-electron chi connectivity index (χ4n) is 1.92. The van der Waals surface area contributed by atoms with E-state index >= 15 is 0 Å². The van der Waals surface area contributed by atoms with Gasteiger partial charge in [0.25, 0.3) is 0 Å². The van der Waals surface area contributed by atoms with Crippen molar-refractivity contribution in [2.24, 2.45) is 0 Å². The lowest BCUT2D eigenvalue weighted by Crippen LogP contribution is -2.38. The minimum atomic E-state index is 0.0401. The topological polar surface area (TPSA) is 44.4 Å². The van der Waals surface area contributed by atoms with Crippen molar-refractivity contribution in [2.45, 2.75) is 13.8 Å². The Kier molecular flexibility index (Phi) is 6.22. The van der Waals surface area contributed by atoms with Crippen molar-refractivity contribution < 1.29 is 4.79 Å². The number of carbonyl (C=O) groups is 1. The Labute approximate surface area is 109 Å². The van der Waals surface area contributed by atoms with Gasteiger partial charge in [-0.1, -0.05) is 18.2 Å². The first-order valence-electron chi connectivity index (χ1n) is 6.41. The van der Waals surface area contributed by atoms with E-state index in [9.17, 15) is 4.79 Å². The number of benzene rings is 1. The molecule has 4 nitrogen and oxygen atoms in total. The molecular formula is C14H23N3O. The summed E-state index contributed by atoms with van der Waals surface area (Å²) >= 11 is 0. The number of para-hydroxylation sites is 1. The summed E-state index contributed by atoms with van der Waals surface area (Å²) < 4.78 is 0. The molecule has 18 heavy (non-hydrogen) atoms. The fourth-order valence-corrected chi connectivity index (χ4v) is 1.92. The fraction of sp³-hybridized carbons (Fsp3) is 0.500. The highest BCUT2D eigenvalue weighted by molar-refractivity contribution is 5.77. The van der Waals surface area contributed by atoms with E-state index in [2.05, 4.69) is 41.5 Å². The van der Waals surface area contributed by atoms with Gasteiger partial charge >= 0.3 is 0 Å². The number of rotatable bonds is 7. The number of nitrogens with zero attached hydrogens (tertiary/aromatic N) is 1. The van der Waals surface area contributed by atoms with E-state index in [0.717, 1.165) is 13.1 Å². The molecule has 0 aliphatic rings. The van der Waals surface area contributed by atoms with Crippen molar-refractivity contribution in [1.29, 1.82) is 0 Å². The molecule has 0 fully saturated rings. The molecule has 0 bridgehead atoms. The predicted molar refractivity (Wildman–Crippen MR) is 76.0 cm³/mol. The second kappa shape index (κ2) is 7.71. The van der Waals surface area contributed by atoms with Crippen LogP contribution in [0.2, 0.25) is 0 Å². The number of amides is 1. The van der Waals surface area contributed by atoms with Gasteiger partial charge in [-0.25, -0.2) is 0 Å². The Bertz CT molecular complexity index is 379. The highest BCUT2D eigenvalue weighted by Gasteiger charge is 2.06. The summed E-state index contributed by atoms with van der Waals surface area (Å²) in [4.78, 5) is 13.6. The summed E-state index contributed by atoms with van der Waals surface area (Å²) in [7, 11) is 1.77. The number of hydrogen-bond donors (Lipinski definition) is 2. The minimum absolute atomic E-state index is 0.0401. The average Bonchev–Trinajstić information content (AvgIpc) is 2.36. The number of anilines is 1. The number of carbonyl (C=O) groups excluding carboxylic acids is 1. The maximum absolute atomic E-state index is 11.3. The monoisotopic (exact) mass is 249 g/mol. The van der Waals surface area contributed by atoms with E-state index < -0.39 is 0 Å². The third kappa shape index (κ3) is 4.37. The lowest BCUT2D eigenvalue weighted by molar-refractivity contribution is -0.120. The molecule has 0 spiro atoms. The van der Waals surface area contributed by atoms with Gasteiger partial charge in [-0.2, -0.15) is 0 Å². The molecule has 1 rings (SSSR count). The van der Waals surface area contributed by atoms with Crippen LogP contribution in [0.15, 0.2) is 24.3 Å². The SMILES string of the molecule is CCN(CCNC(=O)CNC)c1ccccc1C. The van der Waals surface area contributed by atoms with Crippen LogP contribution < -0.4 is 15.5 Å². The highest BCUT2D eigenvalue weighted by atomic mass is 16.1. The van der Waals surface area contributed by atoms with Gasteiger partial charge in [-0.3, -0.25) is 4.79 Å². The van der Waals surface area contributed by atoms with Crippen LogP contribution in [0.4, 0.5) is 5.69 Å². The van der Waals surface area contributed by atoms with Crippen LogP contribution in [-0.4, -0.2) is 39.1 Å². The molecule has 1 aromatic carbocycles. The maximum atomic E-state index is 11.3. The summed E-state index contributed by atoms with van der Waals surface area (Å²) in [6.07, 6.45) is 0. The van der Waals surface area contributed by atoms with E-state index in [4.69, 9.17) is 0 Å². The molecule has 1 aromatic rings. The zero-order valence-electron chi connectivity index (χ0n) is 11.5. The lowest BCUT2D eigenvalue weighted by Gasteiger charge is -2.25. The minimum Gasteiger partial charge on any atom is -0.370 e. The molecular weight excluding hydrogens is 226 g/mol. The zero-order valence-corrected chi connectivity index (χ0v) is 11.5. The summed E-state index contributed by atoms with van der Waals surface area (Å²) in [5, 5.41) is 5.73. The van der Waals surface area contributed by atoms with Crippen LogP contribution in [0, 0.1) is 6.92 Å². The van der Waals surface area contributed by atoms with Crippen molar-refractivity contribution in [1.82, 2.24) is 10.6 Å². The summed E-state index contributed by atoms with van der Waals surface area (Å²) in [6.45, 7) is 7.04. The van der Waals surface area contributed by atoms with Crippen molar-refractivity contribution in [3.8, 4) is 0 Å². The molecule has 0 saturated carbocycles. The largest absolute Gasteiger partial charge is 0.370 e. The Morgan fingerprint density at radius 3 is 2.67 bits per heavy atom. The first kappa shape index (κ1) is 14.5. The third-order valence-corrected chi connectivity index (χ3v) is 2.88. The second-order valence-corrected chi connectivity index (χ2v) is 4.25. The third-order valence-electron chi connectivity index (χ3n) is 2.88. The van der Waals surface area contributed by atoms with Crippen LogP contribution in [0.25, 0.3) is 0 Å². The standard InChI is InChI=1S/C14H23N3O/c1-4-17(10-9-16-14(18)11-15-3)13-8-6-5-7-12(13)2/h5-8,15H,4,9-11H2,1-3H3,(H,16,18). The smallest absolute Gasteiger partial charge is 0.234 e. The molecule has 0 unspecified atom stereocenters. The van der Waals surface area contributed by atoms with Gasteiger partial charge in [0.1, 0.15) is 0 Å². The molecule has 0 aliphatic carbocycles. The van der Waals surface area contributed by atoms with Crippen molar-refractivity contribution in [3.63, 3.8) is 0 Å². The number of likely N-dealkylation sites (N-methyl/N-ethyl adjacent to an activating group) is 2. The highest BCUT2D eigenvalue weighted by Crippen LogP contribution is 2.18. The van der Waals surface area contributed by atoms with Crippen molar-refractivity contribution in [3.05, 3.63) is 29.8 Å². The molecule has 0 aliphatic heterocycles. The van der Waals surface area contributed by atoms with Crippen molar-refractivity contribution >= 4 is 11.6 Å². The Morgan fingerprint density at radius 1 is 1.33 bits per heavy atom. The maximum Gasteiger partial charge on any atom is 0.234 e. The normalized spacial score (nSPS) is 10.2. The summed E-state index contributed by atoms with van der Waals surface area (Å²) in [6, 6.07) is 8.32. The lowest BCUT2D eigenvalue weighted by atomic mass is 10.2. The number of nitrogens with one attached hydrogen (secondary N) is 2. The van der Waals surface area contributed by atoms with E-state index in [-0.39, 0.29) is 5.91 Å². The second-order valence-electron chi connectivity index (χ2n) is 4.25. The van der Waals surface area contributed by atoms with E-state index in [1.54, 1.807) is 7.05 Å². The predicted octanol–water partition coefficient (Wildman–Crippen LogP) is 1.16. The molecule has 0 radical (unpaired) electrons. The van der Waals surface area contributed by atoms with Crippen LogP contribution >= 0.6 is 0 Å². The van der Waals surface area contributed by atoms with E-state index in [0.29, 0.717) is 13.1 Å². The summed E-state index contributed by atoms with van der Waals surface area (Å²) in [5.74, 6) is 0.0401. The first-order chi connectivity index (χ1) is 8.69. The number of aryl methyl sites for hydroxylation is 1. The van der Waals surface area contributed by atoms with Gasteiger partial charge in [0.15, 0.2) is 0 Å². The average molecular weight is 249 g/mol. The Hall–Kier alpha value is -1.55. The molecule has 100 valence electrons. The van der Waals surface area contributed by atoms with E-state index in [1.807, 2.05) is 12.1 Å². The molecule has 0 atom stereocenters. The first-order valence-corrected chi connectivity index (χ1v) is 6.41. The molecule has 4 heteroatoms. The molecule has 2 N–H and O–H groups in total. The Balaban J connectivity index is 2.48. The quantitative estimate of drug-likeness (QED) is 0.762. The van der Waals surface area contributed by atoms with Gasteiger partial charge in [-0.15, -0.1) is 0 Å². The zero-order chi connectivity index (χ0) is 13.4. The van der Waals surface area contributed by atoms with Gasteiger partial charge < -0.3 is 15.5 Å². The van der Waals surface area contributed by atoms with Gasteiger partial charge in [0, 0.05) is 25.3 Å². The van der Waals surface area contributed by atoms with Crippen molar-refractivity contribution in [2.75, 3.05) is 38.1 Å². The summed E-state index contributed by atoms with van der Waals surface area (Å²) in [5.41, 5.74) is 2.50. The molecule has 1 amide bonds. The van der Waals surface area contributed by atoms with Gasteiger partial charge in [-0.05, 0) is 32.5 Å². The molecule has 0 aromatic heterocycles. The van der Waals surface area contributed by atoms with E-state index in [1.165, 1.54) is 11.3 Å². The van der Waals surface area contributed by atoms with Gasteiger partial charge in [0.2, 0.25) is 5.91 Å². The Morgan fingerprint density at radius 2 is 2.06 bits per heavy atom. The molecule has 0 saturated heterocycles. The van der Waals surface area contributed by atoms with Crippen LogP contribution in [0.3, 0.4) is 0 Å². The molecule has 0 heterocycles.